The molecule has 0 bridgehead atoms. The number of halogens is 2. The maximum absolute atomic E-state index is 10.4. The van der Waals surface area contributed by atoms with Crippen LogP contribution in [0.25, 0.3) is 11.4 Å². The average molecular weight is 334 g/mol. The Morgan fingerprint density at radius 3 is 2.59 bits per heavy atom. The van der Waals surface area contributed by atoms with Crippen LogP contribution in [0.1, 0.15) is 11.7 Å². The van der Waals surface area contributed by atoms with Gasteiger partial charge in [-0.2, -0.15) is 0 Å². The molecule has 22 heavy (non-hydrogen) atoms. The van der Waals surface area contributed by atoms with Crippen molar-refractivity contribution in [1.29, 1.82) is 0 Å². The van der Waals surface area contributed by atoms with E-state index in [0.717, 1.165) is 11.4 Å². The number of nitrogens with zero attached hydrogens (tertiary/aromatic N) is 3. The molecule has 1 aromatic carbocycles. The molecule has 0 aliphatic carbocycles. The molecule has 0 spiro atoms. The molecular formula is C16H13Cl2N3O. The van der Waals surface area contributed by atoms with Gasteiger partial charge in [-0.15, -0.1) is 0 Å². The van der Waals surface area contributed by atoms with Gasteiger partial charge in [-0.25, -0.2) is 4.98 Å². The number of rotatable bonds is 4. The van der Waals surface area contributed by atoms with Crippen molar-refractivity contribution in [3.8, 4) is 11.4 Å². The summed E-state index contributed by atoms with van der Waals surface area (Å²) in [6, 6.07) is 8.82. The third-order valence-corrected chi connectivity index (χ3v) is 3.91. The second kappa shape index (κ2) is 6.48. The van der Waals surface area contributed by atoms with Gasteiger partial charge in [0.15, 0.2) is 0 Å². The van der Waals surface area contributed by atoms with Gasteiger partial charge in [0.25, 0.3) is 0 Å². The van der Waals surface area contributed by atoms with Crippen LogP contribution in [0.4, 0.5) is 0 Å². The van der Waals surface area contributed by atoms with E-state index in [4.69, 9.17) is 23.2 Å². The van der Waals surface area contributed by atoms with Crippen molar-refractivity contribution in [1.82, 2.24) is 14.5 Å². The van der Waals surface area contributed by atoms with Crippen LogP contribution >= 0.6 is 23.2 Å². The number of hydrogen-bond acceptors (Lipinski definition) is 3. The number of aliphatic hydroxyl groups is 1. The van der Waals surface area contributed by atoms with E-state index in [1.54, 1.807) is 36.8 Å². The molecule has 1 atom stereocenters. The van der Waals surface area contributed by atoms with Gasteiger partial charge in [0.05, 0.1) is 12.6 Å². The molecule has 0 saturated heterocycles. The second-order valence-electron chi connectivity index (χ2n) is 4.82. The van der Waals surface area contributed by atoms with Crippen molar-refractivity contribution in [2.24, 2.45) is 0 Å². The predicted molar refractivity (Wildman–Crippen MR) is 86.9 cm³/mol. The standard InChI is InChI=1S/C16H13Cl2N3O/c17-12-1-2-13(14(18)9-12)15(22)10-21-8-7-20-16(21)11-3-5-19-6-4-11/h1-9,15,22H,10H2. The van der Waals surface area contributed by atoms with Crippen molar-refractivity contribution < 1.29 is 5.11 Å². The first-order valence-corrected chi connectivity index (χ1v) is 7.45. The largest absolute Gasteiger partial charge is 0.386 e. The molecule has 1 N–H and O–H groups in total. The number of benzene rings is 1. The highest BCUT2D eigenvalue weighted by Crippen LogP contribution is 2.28. The smallest absolute Gasteiger partial charge is 0.140 e. The summed E-state index contributed by atoms with van der Waals surface area (Å²) in [5.74, 6) is 0.770. The first-order valence-electron chi connectivity index (χ1n) is 6.69. The molecule has 0 saturated carbocycles. The molecule has 0 amide bonds. The lowest BCUT2D eigenvalue weighted by molar-refractivity contribution is 0.157. The topological polar surface area (TPSA) is 50.9 Å². The van der Waals surface area contributed by atoms with E-state index in [-0.39, 0.29) is 0 Å². The number of pyridine rings is 1. The van der Waals surface area contributed by atoms with E-state index in [1.165, 1.54) is 0 Å². The molecule has 0 fully saturated rings. The summed E-state index contributed by atoms with van der Waals surface area (Å²) in [6.45, 7) is 0.346. The van der Waals surface area contributed by atoms with Gasteiger partial charge in [0, 0.05) is 46.0 Å². The molecule has 3 aromatic rings. The van der Waals surface area contributed by atoms with E-state index in [0.29, 0.717) is 22.2 Å². The molecule has 2 heterocycles. The van der Waals surface area contributed by atoms with E-state index in [2.05, 4.69) is 9.97 Å². The summed E-state index contributed by atoms with van der Waals surface area (Å²) >= 11 is 12.0. The fourth-order valence-electron chi connectivity index (χ4n) is 2.27. The summed E-state index contributed by atoms with van der Waals surface area (Å²) in [7, 11) is 0. The van der Waals surface area contributed by atoms with Gasteiger partial charge in [0.2, 0.25) is 0 Å². The number of imidazole rings is 1. The Labute approximate surface area is 138 Å². The lowest BCUT2D eigenvalue weighted by Crippen LogP contribution is -2.09. The molecule has 6 heteroatoms. The zero-order valence-corrected chi connectivity index (χ0v) is 13.0. The lowest BCUT2D eigenvalue weighted by atomic mass is 10.1. The van der Waals surface area contributed by atoms with Crippen molar-refractivity contribution in [2.75, 3.05) is 0 Å². The van der Waals surface area contributed by atoms with E-state index in [1.807, 2.05) is 22.9 Å². The highest BCUT2D eigenvalue weighted by molar-refractivity contribution is 6.35. The summed E-state index contributed by atoms with van der Waals surface area (Å²) in [5.41, 5.74) is 1.58. The van der Waals surface area contributed by atoms with Crippen LogP contribution in [0.2, 0.25) is 10.0 Å². The fraction of sp³-hybridized carbons (Fsp3) is 0.125. The Hall–Kier alpha value is -1.88. The number of hydrogen-bond donors (Lipinski definition) is 1. The Morgan fingerprint density at radius 1 is 1.09 bits per heavy atom. The zero-order valence-electron chi connectivity index (χ0n) is 11.5. The molecule has 0 radical (unpaired) electrons. The van der Waals surface area contributed by atoms with Gasteiger partial charge in [-0.1, -0.05) is 29.3 Å². The molecule has 4 nitrogen and oxygen atoms in total. The van der Waals surface area contributed by atoms with Crippen molar-refractivity contribution >= 4 is 23.2 Å². The monoisotopic (exact) mass is 333 g/mol. The van der Waals surface area contributed by atoms with Gasteiger partial charge >= 0.3 is 0 Å². The molecular weight excluding hydrogens is 321 g/mol. The van der Waals surface area contributed by atoms with Crippen LogP contribution in [-0.2, 0) is 6.54 Å². The van der Waals surface area contributed by atoms with Crippen LogP contribution in [0.5, 0.6) is 0 Å². The molecule has 2 aromatic heterocycles. The minimum atomic E-state index is -0.750. The Bertz CT molecular complexity index is 774. The Kier molecular flexibility index (Phi) is 4.43. The molecule has 0 aliphatic rings. The first-order chi connectivity index (χ1) is 10.6. The highest BCUT2D eigenvalue weighted by Gasteiger charge is 2.15. The lowest BCUT2D eigenvalue weighted by Gasteiger charge is -2.15. The van der Waals surface area contributed by atoms with Gasteiger partial charge < -0.3 is 9.67 Å². The van der Waals surface area contributed by atoms with Gasteiger partial charge in [0.1, 0.15) is 5.82 Å². The van der Waals surface area contributed by atoms with Crippen LogP contribution < -0.4 is 0 Å². The minimum Gasteiger partial charge on any atom is -0.386 e. The molecule has 0 aliphatic heterocycles. The predicted octanol–water partition coefficient (Wildman–Crippen LogP) is 3.99. The van der Waals surface area contributed by atoms with E-state index < -0.39 is 6.10 Å². The van der Waals surface area contributed by atoms with Crippen molar-refractivity contribution in [2.45, 2.75) is 12.6 Å². The number of aliphatic hydroxyl groups excluding tert-OH is 1. The molecule has 112 valence electrons. The zero-order chi connectivity index (χ0) is 15.5. The first kappa shape index (κ1) is 15.0. The van der Waals surface area contributed by atoms with Crippen LogP contribution in [-0.4, -0.2) is 19.6 Å². The summed E-state index contributed by atoms with van der Waals surface area (Å²) < 4.78 is 1.88. The normalized spacial score (nSPS) is 12.3. The fourth-order valence-corrected chi connectivity index (χ4v) is 2.81. The highest BCUT2D eigenvalue weighted by atomic mass is 35.5. The maximum atomic E-state index is 10.4. The average Bonchev–Trinajstić information content (AvgIpc) is 2.96. The van der Waals surface area contributed by atoms with Gasteiger partial charge in [-0.3, -0.25) is 4.98 Å². The number of aromatic nitrogens is 3. The summed E-state index contributed by atoms with van der Waals surface area (Å²) in [5, 5.41) is 11.4. The van der Waals surface area contributed by atoms with Crippen LogP contribution in [0.3, 0.4) is 0 Å². The quantitative estimate of drug-likeness (QED) is 0.785. The minimum absolute atomic E-state index is 0.346. The van der Waals surface area contributed by atoms with Crippen molar-refractivity contribution in [3.63, 3.8) is 0 Å². The third kappa shape index (κ3) is 3.14. The SMILES string of the molecule is OC(Cn1ccnc1-c1ccncc1)c1ccc(Cl)cc1Cl. The van der Waals surface area contributed by atoms with E-state index in [9.17, 15) is 5.11 Å². The third-order valence-electron chi connectivity index (χ3n) is 3.35. The maximum Gasteiger partial charge on any atom is 0.140 e. The molecule has 1 unspecified atom stereocenters. The van der Waals surface area contributed by atoms with Crippen molar-refractivity contribution in [3.05, 3.63) is 70.7 Å². The molecule has 3 rings (SSSR count). The second-order valence-corrected chi connectivity index (χ2v) is 5.66. The van der Waals surface area contributed by atoms with E-state index >= 15 is 0 Å². The summed E-state index contributed by atoms with van der Waals surface area (Å²) in [6.07, 6.45) is 6.19. The van der Waals surface area contributed by atoms with Crippen LogP contribution in [0.15, 0.2) is 55.1 Å². The van der Waals surface area contributed by atoms with Gasteiger partial charge in [-0.05, 0) is 24.3 Å². The van der Waals surface area contributed by atoms with Crippen LogP contribution in [0, 0.1) is 0 Å². The summed E-state index contributed by atoms with van der Waals surface area (Å²) in [4.78, 5) is 8.34. The Balaban J connectivity index is 1.86. The Morgan fingerprint density at radius 2 is 1.86 bits per heavy atom.